The quantitative estimate of drug-likeness (QED) is 0.878. The van der Waals surface area contributed by atoms with E-state index in [0.717, 1.165) is 10.9 Å². The Morgan fingerprint density at radius 2 is 1.86 bits per heavy atom. The topological polar surface area (TPSA) is 63.3 Å². The third kappa shape index (κ3) is 3.58. The molecule has 1 unspecified atom stereocenters. The molecule has 0 aliphatic heterocycles. The lowest BCUT2D eigenvalue weighted by Crippen LogP contribution is -2.24. The molecule has 0 aliphatic carbocycles. The average molecular weight is 289 g/mol. The molecule has 0 aliphatic rings. The minimum atomic E-state index is -0.837. The van der Waals surface area contributed by atoms with Gasteiger partial charge in [0, 0.05) is 11.4 Å². The Labute approximate surface area is 123 Å². The number of halogens is 1. The third-order valence-corrected chi connectivity index (χ3v) is 3.71. The molecule has 3 nitrogen and oxygen atoms in total. The zero-order valence-electron chi connectivity index (χ0n) is 12.3. The lowest BCUT2D eigenvalue weighted by atomic mass is 9.80. The Morgan fingerprint density at radius 3 is 2.48 bits per heavy atom. The van der Waals surface area contributed by atoms with Gasteiger partial charge in [-0.1, -0.05) is 44.2 Å². The zero-order chi connectivity index (χ0) is 15.6. The number of nitrogens with two attached hydrogens (primary N) is 1. The largest absolute Gasteiger partial charge is 0.481 e. The number of benzene rings is 2. The SMILES string of the molecule is CC(C)(CC(=O)O)CC(N)c1ccc(F)c2ccccc12. The van der Waals surface area contributed by atoms with Gasteiger partial charge in [0.25, 0.3) is 0 Å². The molecule has 112 valence electrons. The Morgan fingerprint density at radius 1 is 1.24 bits per heavy atom. The second kappa shape index (κ2) is 5.82. The van der Waals surface area contributed by atoms with Crippen LogP contribution in [0.5, 0.6) is 0 Å². The highest BCUT2D eigenvalue weighted by Crippen LogP contribution is 2.34. The number of aliphatic carboxylic acids is 1. The van der Waals surface area contributed by atoms with Gasteiger partial charge in [-0.15, -0.1) is 0 Å². The standard InChI is InChI=1S/C17H20FNO2/c1-17(2,10-16(20)21)9-15(19)13-7-8-14(18)12-6-4-3-5-11(12)13/h3-8,15H,9-10,19H2,1-2H3,(H,20,21). The van der Waals surface area contributed by atoms with Crippen molar-refractivity contribution < 1.29 is 14.3 Å². The first-order chi connectivity index (χ1) is 9.80. The van der Waals surface area contributed by atoms with Gasteiger partial charge in [0.15, 0.2) is 0 Å². The van der Waals surface area contributed by atoms with E-state index in [2.05, 4.69) is 0 Å². The van der Waals surface area contributed by atoms with Crippen LogP contribution < -0.4 is 5.73 Å². The molecule has 2 aromatic carbocycles. The van der Waals surface area contributed by atoms with E-state index in [-0.39, 0.29) is 18.3 Å². The second-order valence-electron chi connectivity index (χ2n) is 6.23. The molecule has 0 radical (unpaired) electrons. The van der Waals surface area contributed by atoms with Crippen molar-refractivity contribution in [3.63, 3.8) is 0 Å². The minimum absolute atomic E-state index is 0.0554. The first kappa shape index (κ1) is 15.4. The summed E-state index contributed by atoms with van der Waals surface area (Å²) in [6, 6.07) is 9.99. The number of carbonyl (C=O) groups is 1. The summed E-state index contributed by atoms with van der Waals surface area (Å²) >= 11 is 0. The Balaban J connectivity index is 2.34. The third-order valence-electron chi connectivity index (χ3n) is 3.71. The van der Waals surface area contributed by atoms with Crippen molar-refractivity contribution in [1.29, 1.82) is 0 Å². The average Bonchev–Trinajstić information content (AvgIpc) is 2.37. The molecule has 2 aromatic rings. The van der Waals surface area contributed by atoms with Crippen LogP contribution in [0.2, 0.25) is 0 Å². The molecule has 4 heteroatoms. The van der Waals surface area contributed by atoms with Crippen LogP contribution in [-0.4, -0.2) is 11.1 Å². The molecule has 0 bridgehead atoms. The van der Waals surface area contributed by atoms with E-state index in [1.807, 2.05) is 26.0 Å². The van der Waals surface area contributed by atoms with Crippen molar-refractivity contribution in [2.75, 3.05) is 0 Å². The first-order valence-corrected chi connectivity index (χ1v) is 6.95. The van der Waals surface area contributed by atoms with Gasteiger partial charge in [0.05, 0.1) is 6.42 Å². The Hall–Kier alpha value is -1.94. The molecule has 0 saturated heterocycles. The molecular weight excluding hydrogens is 269 g/mol. The van der Waals surface area contributed by atoms with E-state index < -0.39 is 11.4 Å². The number of carboxylic acid groups (broad SMARTS) is 1. The van der Waals surface area contributed by atoms with Gasteiger partial charge in [0.2, 0.25) is 0 Å². The fourth-order valence-electron chi connectivity index (χ4n) is 2.80. The van der Waals surface area contributed by atoms with Gasteiger partial charge in [-0.2, -0.15) is 0 Å². The number of rotatable bonds is 5. The van der Waals surface area contributed by atoms with Crippen LogP contribution in [0.3, 0.4) is 0 Å². The Bertz CT molecular complexity index is 667. The molecular formula is C17H20FNO2. The van der Waals surface area contributed by atoms with E-state index in [1.165, 1.54) is 6.07 Å². The Kier molecular flexibility index (Phi) is 4.28. The number of carboxylic acids is 1. The van der Waals surface area contributed by atoms with Crippen LogP contribution in [0.25, 0.3) is 10.8 Å². The molecule has 0 aromatic heterocycles. The van der Waals surface area contributed by atoms with Crippen molar-refractivity contribution in [1.82, 2.24) is 0 Å². The van der Waals surface area contributed by atoms with E-state index in [0.29, 0.717) is 11.8 Å². The predicted molar refractivity (Wildman–Crippen MR) is 81.5 cm³/mol. The lowest BCUT2D eigenvalue weighted by Gasteiger charge is -2.27. The van der Waals surface area contributed by atoms with E-state index in [1.54, 1.807) is 18.2 Å². The van der Waals surface area contributed by atoms with Crippen LogP contribution in [0.15, 0.2) is 36.4 Å². The maximum absolute atomic E-state index is 13.8. The molecule has 0 saturated carbocycles. The van der Waals surface area contributed by atoms with Crippen LogP contribution in [0, 0.1) is 11.2 Å². The number of hydrogen-bond acceptors (Lipinski definition) is 2. The fraction of sp³-hybridized carbons (Fsp3) is 0.353. The lowest BCUT2D eigenvalue weighted by molar-refractivity contribution is -0.139. The maximum atomic E-state index is 13.8. The van der Waals surface area contributed by atoms with Crippen molar-refractivity contribution in [3.05, 3.63) is 47.8 Å². The highest BCUT2D eigenvalue weighted by molar-refractivity contribution is 5.86. The minimum Gasteiger partial charge on any atom is -0.481 e. The van der Waals surface area contributed by atoms with Gasteiger partial charge in [-0.05, 0) is 28.9 Å². The summed E-state index contributed by atoms with van der Waals surface area (Å²) < 4.78 is 13.8. The summed E-state index contributed by atoms with van der Waals surface area (Å²) in [6.45, 7) is 3.76. The van der Waals surface area contributed by atoms with E-state index in [4.69, 9.17) is 10.8 Å². The number of hydrogen-bond donors (Lipinski definition) is 2. The predicted octanol–water partition coefficient (Wildman–Crippen LogP) is 3.87. The van der Waals surface area contributed by atoms with Gasteiger partial charge in [-0.25, -0.2) is 4.39 Å². The summed E-state index contributed by atoms with van der Waals surface area (Å²) in [6.07, 6.45) is 0.578. The van der Waals surface area contributed by atoms with Crippen molar-refractivity contribution in [3.8, 4) is 0 Å². The molecule has 3 N–H and O–H groups in total. The van der Waals surface area contributed by atoms with Gasteiger partial charge in [0.1, 0.15) is 5.82 Å². The first-order valence-electron chi connectivity index (χ1n) is 6.95. The summed E-state index contributed by atoms with van der Waals surface area (Å²) in [5.41, 5.74) is 6.69. The fourth-order valence-corrected chi connectivity index (χ4v) is 2.80. The maximum Gasteiger partial charge on any atom is 0.303 e. The van der Waals surface area contributed by atoms with Crippen molar-refractivity contribution in [2.45, 2.75) is 32.7 Å². The van der Waals surface area contributed by atoms with Crippen LogP contribution in [0.1, 0.15) is 38.3 Å². The van der Waals surface area contributed by atoms with Crippen molar-refractivity contribution >= 4 is 16.7 Å². The summed E-state index contributed by atoms with van der Waals surface area (Å²) in [7, 11) is 0. The molecule has 0 fully saturated rings. The monoisotopic (exact) mass is 289 g/mol. The smallest absolute Gasteiger partial charge is 0.303 e. The van der Waals surface area contributed by atoms with Crippen LogP contribution in [-0.2, 0) is 4.79 Å². The summed E-state index contributed by atoms with van der Waals surface area (Å²) in [5, 5.41) is 10.3. The van der Waals surface area contributed by atoms with E-state index in [9.17, 15) is 9.18 Å². The van der Waals surface area contributed by atoms with Gasteiger partial charge < -0.3 is 10.8 Å². The summed E-state index contributed by atoms with van der Waals surface area (Å²) in [5.74, 6) is -1.11. The van der Waals surface area contributed by atoms with Crippen molar-refractivity contribution in [2.24, 2.45) is 11.1 Å². The normalized spacial score (nSPS) is 13.3. The molecule has 0 amide bonds. The highest BCUT2D eigenvalue weighted by Gasteiger charge is 2.26. The second-order valence-corrected chi connectivity index (χ2v) is 6.23. The molecule has 0 heterocycles. The van der Waals surface area contributed by atoms with Gasteiger partial charge in [-0.3, -0.25) is 4.79 Å². The van der Waals surface area contributed by atoms with Crippen LogP contribution >= 0.6 is 0 Å². The van der Waals surface area contributed by atoms with Crippen LogP contribution in [0.4, 0.5) is 4.39 Å². The molecule has 0 spiro atoms. The zero-order valence-corrected chi connectivity index (χ0v) is 12.3. The number of fused-ring (bicyclic) bond motifs is 1. The summed E-state index contributed by atoms with van der Waals surface area (Å²) in [4.78, 5) is 10.9. The highest BCUT2D eigenvalue weighted by atomic mass is 19.1. The van der Waals surface area contributed by atoms with Gasteiger partial charge >= 0.3 is 5.97 Å². The van der Waals surface area contributed by atoms with E-state index >= 15 is 0 Å². The molecule has 2 rings (SSSR count). The molecule has 1 atom stereocenters. The molecule has 21 heavy (non-hydrogen) atoms.